The van der Waals surface area contributed by atoms with Gasteiger partial charge in [-0.1, -0.05) is 40.2 Å². The molecular weight excluding hydrogens is 443 g/mol. The number of hydrogen-bond acceptors (Lipinski definition) is 4. The first-order valence-electron chi connectivity index (χ1n) is 8.41. The number of halogens is 2. The van der Waals surface area contributed by atoms with Gasteiger partial charge in [0.1, 0.15) is 11.6 Å². The number of carbonyl (C=O) groups is 1. The maximum Gasteiger partial charge on any atom is 0.293 e. The summed E-state index contributed by atoms with van der Waals surface area (Å²) in [6, 6.07) is 17.2. The second kappa shape index (κ2) is 7.69. The Balaban J connectivity index is 1.54. The number of nitrogens with one attached hydrogen (secondary N) is 1. The molecule has 28 heavy (non-hydrogen) atoms. The SMILES string of the molecule is Cc1sc(NC(=O)c2ccc(-c3ccccc3F)o2)nc1-c1ccc(Br)cc1. The van der Waals surface area contributed by atoms with Crippen molar-refractivity contribution in [2.45, 2.75) is 6.92 Å². The minimum absolute atomic E-state index is 0.0938. The van der Waals surface area contributed by atoms with Crippen LogP contribution in [0.3, 0.4) is 0 Å². The van der Waals surface area contributed by atoms with E-state index in [4.69, 9.17) is 4.42 Å². The molecule has 0 unspecified atom stereocenters. The summed E-state index contributed by atoms with van der Waals surface area (Å²) in [6.07, 6.45) is 0. The molecule has 0 spiro atoms. The maximum atomic E-state index is 13.9. The molecule has 2 heterocycles. The normalized spacial score (nSPS) is 10.8. The van der Waals surface area contributed by atoms with Gasteiger partial charge in [-0.2, -0.15) is 0 Å². The highest BCUT2D eigenvalue weighted by Gasteiger charge is 2.17. The number of thiazole rings is 1. The highest BCUT2D eigenvalue weighted by molar-refractivity contribution is 9.10. The Kier molecular flexibility index (Phi) is 5.11. The number of aromatic nitrogens is 1. The molecule has 0 saturated heterocycles. The molecule has 140 valence electrons. The molecule has 0 aliphatic rings. The molecule has 0 aliphatic carbocycles. The molecule has 0 atom stereocenters. The van der Waals surface area contributed by atoms with Crippen LogP contribution in [-0.4, -0.2) is 10.9 Å². The number of anilines is 1. The van der Waals surface area contributed by atoms with Crippen molar-refractivity contribution < 1.29 is 13.6 Å². The molecule has 4 rings (SSSR count). The van der Waals surface area contributed by atoms with E-state index in [1.807, 2.05) is 31.2 Å². The van der Waals surface area contributed by atoms with Crippen molar-refractivity contribution in [2.24, 2.45) is 0 Å². The summed E-state index contributed by atoms with van der Waals surface area (Å²) < 4.78 is 20.4. The summed E-state index contributed by atoms with van der Waals surface area (Å²) in [5.41, 5.74) is 2.10. The Hall–Kier alpha value is -2.77. The number of rotatable bonds is 4. The third-order valence-corrected chi connectivity index (χ3v) is 5.52. The van der Waals surface area contributed by atoms with E-state index in [0.717, 1.165) is 20.6 Å². The van der Waals surface area contributed by atoms with Gasteiger partial charge in [-0.3, -0.25) is 10.1 Å². The number of carbonyl (C=O) groups excluding carboxylic acids is 1. The topological polar surface area (TPSA) is 55.1 Å². The molecule has 0 bridgehead atoms. The monoisotopic (exact) mass is 456 g/mol. The number of aryl methyl sites for hydroxylation is 1. The highest BCUT2D eigenvalue weighted by atomic mass is 79.9. The zero-order chi connectivity index (χ0) is 19.7. The number of furan rings is 1. The van der Waals surface area contributed by atoms with Gasteiger partial charge >= 0.3 is 0 Å². The van der Waals surface area contributed by atoms with Gasteiger partial charge in [-0.05, 0) is 43.3 Å². The zero-order valence-corrected chi connectivity index (χ0v) is 17.1. The first kappa shape index (κ1) is 18.6. The van der Waals surface area contributed by atoms with Gasteiger partial charge in [0.05, 0.1) is 11.3 Å². The van der Waals surface area contributed by atoms with E-state index in [1.165, 1.54) is 23.5 Å². The van der Waals surface area contributed by atoms with Crippen LogP contribution in [-0.2, 0) is 0 Å². The highest BCUT2D eigenvalue weighted by Crippen LogP contribution is 2.32. The lowest BCUT2D eigenvalue weighted by atomic mass is 10.1. The van der Waals surface area contributed by atoms with Crippen LogP contribution in [0.1, 0.15) is 15.4 Å². The van der Waals surface area contributed by atoms with E-state index >= 15 is 0 Å². The molecule has 4 aromatic rings. The van der Waals surface area contributed by atoms with Crippen LogP contribution < -0.4 is 5.32 Å². The third-order valence-electron chi connectivity index (χ3n) is 4.10. The number of hydrogen-bond donors (Lipinski definition) is 1. The fraction of sp³-hybridized carbons (Fsp3) is 0.0476. The third kappa shape index (κ3) is 3.76. The summed E-state index contributed by atoms with van der Waals surface area (Å²) in [5, 5.41) is 3.23. The molecule has 0 fully saturated rings. The average Bonchev–Trinajstić information content (AvgIpc) is 3.30. The van der Waals surface area contributed by atoms with E-state index < -0.39 is 11.7 Å². The van der Waals surface area contributed by atoms with Crippen molar-refractivity contribution in [3.8, 4) is 22.6 Å². The van der Waals surface area contributed by atoms with Crippen LogP contribution in [0.15, 0.2) is 69.6 Å². The molecular formula is C21H14BrFN2O2S. The Bertz CT molecular complexity index is 1150. The van der Waals surface area contributed by atoms with Crippen LogP contribution in [0.4, 0.5) is 9.52 Å². The summed E-state index contributed by atoms with van der Waals surface area (Å²) >= 11 is 4.80. The summed E-state index contributed by atoms with van der Waals surface area (Å²) in [6.45, 7) is 1.95. The first-order valence-corrected chi connectivity index (χ1v) is 10.0. The second-order valence-electron chi connectivity index (χ2n) is 6.03. The van der Waals surface area contributed by atoms with Gasteiger partial charge in [-0.25, -0.2) is 9.37 Å². The van der Waals surface area contributed by atoms with E-state index in [9.17, 15) is 9.18 Å². The average molecular weight is 457 g/mol. The molecule has 2 aromatic heterocycles. The van der Waals surface area contributed by atoms with Gasteiger partial charge in [0.25, 0.3) is 5.91 Å². The molecule has 7 heteroatoms. The smallest absolute Gasteiger partial charge is 0.293 e. The molecule has 0 aliphatic heterocycles. The predicted molar refractivity (Wildman–Crippen MR) is 112 cm³/mol. The van der Waals surface area contributed by atoms with Gasteiger partial charge in [0.2, 0.25) is 0 Å². The van der Waals surface area contributed by atoms with Crippen molar-refractivity contribution in [3.63, 3.8) is 0 Å². The molecule has 1 N–H and O–H groups in total. The van der Waals surface area contributed by atoms with Crippen LogP contribution in [0.5, 0.6) is 0 Å². The summed E-state index contributed by atoms with van der Waals surface area (Å²) in [4.78, 5) is 18.0. The van der Waals surface area contributed by atoms with Crippen molar-refractivity contribution >= 4 is 38.3 Å². The maximum absolute atomic E-state index is 13.9. The van der Waals surface area contributed by atoms with Gasteiger partial charge in [0.15, 0.2) is 10.9 Å². The fourth-order valence-corrected chi connectivity index (χ4v) is 3.85. The van der Waals surface area contributed by atoms with Crippen LogP contribution in [0, 0.1) is 12.7 Å². The van der Waals surface area contributed by atoms with E-state index in [2.05, 4.69) is 26.2 Å². The van der Waals surface area contributed by atoms with Crippen LogP contribution in [0.2, 0.25) is 0 Å². The number of amides is 1. The summed E-state index contributed by atoms with van der Waals surface area (Å²) in [5.74, 6) is -0.442. The Morgan fingerprint density at radius 2 is 1.86 bits per heavy atom. The zero-order valence-electron chi connectivity index (χ0n) is 14.7. The van der Waals surface area contributed by atoms with E-state index in [1.54, 1.807) is 24.3 Å². The Morgan fingerprint density at radius 3 is 2.61 bits per heavy atom. The van der Waals surface area contributed by atoms with Crippen molar-refractivity contribution in [1.29, 1.82) is 0 Å². The van der Waals surface area contributed by atoms with Crippen molar-refractivity contribution in [3.05, 3.63) is 81.6 Å². The quantitative estimate of drug-likeness (QED) is 0.379. The number of benzene rings is 2. The molecule has 4 nitrogen and oxygen atoms in total. The van der Waals surface area contributed by atoms with Gasteiger partial charge < -0.3 is 4.42 Å². The van der Waals surface area contributed by atoms with Crippen molar-refractivity contribution in [2.75, 3.05) is 5.32 Å². The first-order chi connectivity index (χ1) is 13.5. The molecule has 2 aromatic carbocycles. The van der Waals surface area contributed by atoms with E-state index in [0.29, 0.717) is 16.5 Å². The fourth-order valence-electron chi connectivity index (χ4n) is 2.75. The van der Waals surface area contributed by atoms with Crippen LogP contribution in [0.25, 0.3) is 22.6 Å². The lowest BCUT2D eigenvalue weighted by Gasteiger charge is -2.00. The van der Waals surface area contributed by atoms with Crippen molar-refractivity contribution in [1.82, 2.24) is 4.98 Å². The molecule has 0 radical (unpaired) electrons. The largest absolute Gasteiger partial charge is 0.451 e. The van der Waals surface area contributed by atoms with Crippen LogP contribution >= 0.6 is 27.3 Å². The molecule has 1 amide bonds. The van der Waals surface area contributed by atoms with E-state index in [-0.39, 0.29) is 5.76 Å². The summed E-state index contributed by atoms with van der Waals surface area (Å²) in [7, 11) is 0. The standard InChI is InChI=1S/C21H14BrFN2O2S/c1-12-19(13-6-8-14(22)9-7-13)24-21(28-12)25-20(26)18-11-10-17(27-18)15-4-2-3-5-16(15)23/h2-11H,1H3,(H,24,25,26). The Labute approximate surface area is 173 Å². The second-order valence-corrected chi connectivity index (χ2v) is 8.15. The van der Waals surface area contributed by atoms with Gasteiger partial charge in [-0.15, -0.1) is 11.3 Å². The Morgan fingerprint density at radius 1 is 1.11 bits per heavy atom. The number of nitrogens with zero attached hydrogens (tertiary/aromatic N) is 1. The molecule has 0 saturated carbocycles. The minimum Gasteiger partial charge on any atom is -0.451 e. The minimum atomic E-state index is -0.432. The lowest BCUT2D eigenvalue weighted by molar-refractivity contribution is 0.0997. The van der Waals surface area contributed by atoms with Gasteiger partial charge in [0, 0.05) is 14.9 Å². The lowest BCUT2D eigenvalue weighted by Crippen LogP contribution is -2.10. The predicted octanol–water partition coefficient (Wildman–Crippen LogP) is 6.53.